The lowest BCUT2D eigenvalue weighted by Crippen LogP contribution is -2.08. The summed E-state index contributed by atoms with van der Waals surface area (Å²) in [6.07, 6.45) is 27.2. The van der Waals surface area contributed by atoms with Crippen LogP contribution in [-0.4, -0.2) is 13.2 Å². The highest BCUT2D eigenvalue weighted by molar-refractivity contribution is 5.42. The first-order chi connectivity index (χ1) is 23.3. The molecule has 0 heterocycles. The molecule has 1 rings (SSSR count). The van der Waals surface area contributed by atoms with Crippen LogP contribution >= 0.6 is 0 Å². The van der Waals surface area contributed by atoms with Gasteiger partial charge in [0, 0.05) is 0 Å². The number of benzene rings is 1. The molecule has 0 spiro atoms. The third kappa shape index (κ3) is 26.3. The summed E-state index contributed by atoms with van der Waals surface area (Å²) in [7, 11) is 0. The number of aryl methyl sites for hydroxylation is 1. The van der Waals surface area contributed by atoms with Crippen LogP contribution in [0.1, 0.15) is 203 Å². The third-order valence-corrected chi connectivity index (χ3v) is 11.4. The van der Waals surface area contributed by atoms with E-state index in [1.165, 1.54) is 121 Å². The fraction of sp³-hybridized carbons (Fsp3) is 0.872. The molecule has 0 fully saturated rings. The van der Waals surface area contributed by atoms with E-state index in [9.17, 15) is 0 Å². The van der Waals surface area contributed by atoms with Gasteiger partial charge >= 0.3 is 0 Å². The van der Waals surface area contributed by atoms with Gasteiger partial charge in [0.05, 0.1) is 13.2 Å². The summed E-state index contributed by atoms with van der Waals surface area (Å²) in [5.74, 6) is 8.47. The molecule has 2 heteroatoms. The first-order valence-electron chi connectivity index (χ1n) is 21.7. The third-order valence-electron chi connectivity index (χ3n) is 11.4. The first-order valence-corrected chi connectivity index (χ1v) is 21.7. The van der Waals surface area contributed by atoms with E-state index in [-0.39, 0.29) is 0 Å². The lowest BCUT2D eigenvalue weighted by atomic mass is 9.91. The van der Waals surface area contributed by atoms with Gasteiger partial charge in [-0.05, 0) is 84.8 Å². The molecule has 0 radical (unpaired) electrons. The summed E-state index contributed by atoms with van der Waals surface area (Å²) in [6.45, 7) is 27.7. The lowest BCUT2D eigenvalue weighted by Gasteiger charge is -2.18. The highest BCUT2D eigenvalue weighted by Gasteiger charge is 2.12. The number of hydrogen-bond donors (Lipinski definition) is 0. The normalized spacial score (nSPS) is 15.7. The molecule has 0 aliphatic heterocycles. The van der Waals surface area contributed by atoms with Gasteiger partial charge < -0.3 is 9.47 Å². The van der Waals surface area contributed by atoms with Crippen molar-refractivity contribution in [3.8, 4) is 11.5 Å². The molecule has 1 aromatic carbocycles. The van der Waals surface area contributed by atoms with Gasteiger partial charge in [0.1, 0.15) is 0 Å². The summed E-state index contributed by atoms with van der Waals surface area (Å²) in [5.41, 5.74) is 1.23. The highest BCUT2D eigenvalue weighted by atomic mass is 16.5. The van der Waals surface area contributed by atoms with Crippen molar-refractivity contribution in [1.82, 2.24) is 0 Å². The molecule has 0 aromatic heterocycles. The van der Waals surface area contributed by atoms with Gasteiger partial charge in [-0.3, -0.25) is 0 Å². The van der Waals surface area contributed by atoms with E-state index in [1.807, 2.05) is 0 Å². The Morgan fingerprint density at radius 2 is 0.653 bits per heavy atom. The quantitative estimate of drug-likeness (QED) is 0.0752. The second-order valence-electron chi connectivity index (χ2n) is 18.2. The van der Waals surface area contributed by atoms with E-state index in [2.05, 4.69) is 94.4 Å². The van der Waals surface area contributed by atoms with Crippen molar-refractivity contribution in [3.05, 3.63) is 23.8 Å². The van der Waals surface area contributed by atoms with Crippen molar-refractivity contribution < 1.29 is 9.47 Å². The minimum atomic E-state index is 0.703. The van der Waals surface area contributed by atoms with Crippen molar-refractivity contribution >= 4 is 0 Å². The molecule has 0 aliphatic rings. The van der Waals surface area contributed by atoms with Gasteiger partial charge in [-0.1, -0.05) is 191 Å². The van der Waals surface area contributed by atoms with E-state index in [1.54, 1.807) is 0 Å². The van der Waals surface area contributed by atoms with Gasteiger partial charge in [0.15, 0.2) is 11.5 Å². The second kappa shape index (κ2) is 28.4. The van der Waals surface area contributed by atoms with Gasteiger partial charge in [0.2, 0.25) is 0 Å². The van der Waals surface area contributed by atoms with E-state index < -0.39 is 0 Å². The molecule has 0 bridgehead atoms. The summed E-state index contributed by atoms with van der Waals surface area (Å²) < 4.78 is 12.6. The Hall–Kier alpha value is -1.18. The smallest absolute Gasteiger partial charge is 0.161 e. The second-order valence-corrected chi connectivity index (χ2v) is 18.2. The van der Waals surface area contributed by atoms with E-state index in [0.29, 0.717) is 11.8 Å². The van der Waals surface area contributed by atoms with Crippen molar-refractivity contribution in [1.29, 1.82) is 0 Å². The zero-order valence-electron chi connectivity index (χ0n) is 35.2. The highest BCUT2D eigenvalue weighted by Crippen LogP contribution is 2.30. The summed E-state index contributed by atoms with van der Waals surface area (Å²) >= 11 is 0. The van der Waals surface area contributed by atoms with Crippen LogP contribution in [0.2, 0.25) is 0 Å². The maximum atomic E-state index is 6.33. The summed E-state index contributed by atoms with van der Waals surface area (Å²) in [6, 6.07) is 6.42. The van der Waals surface area contributed by atoms with Gasteiger partial charge in [0.25, 0.3) is 0 Å². The van der Waals surface area contributed by atoms with E-state index in [0.717, 1.165) is 73.1 Å². The van der Waals surface area contributed by atoms with Crippen molar-refractivity contribution in [3.63, 3.8) is 0 Å². The fourth-order valence-electron chi connectivity index (χ4n) is 7.46. The molecular weight excluding hydrogens is 597 g/mol. The van der Waals surface area contributed by atoms with Crippen molar-refractivity contribution in [2.24, 2.45) is 47.3 Å². The van der Waals surface area contributed by atoms with Crippen LogP contribution in [0.5, 0.6) is 11.5 Å². The molecule has 0 amide bonds. The molecule has 6 unspecified atom stereocenters. The molecule has 49 heavy (non-hydrogen) atoms. The van der Waals surface area contributed by atoms with E-state index >= 15 is 0 Å². The Morgan fingerprint density at radius 1 is 0.367 bits per heavy atom. The van der Waals surface area contributed by atoms with Crippen LogP contribution in [0.3, 0.4) is 0 Å². The Morgan fingerprint density at radius 3 is 0.980 bits per heavy atom. The monoisotopic (exact) mass is 685 g/mol. The predicted molar refractivity (Wildman–Crippen MR) is 219 cm³/mol. The van der Waals surface area contributed by atoms with Crippen molar-refractivity contribution in [2.45, 2.75) is 205 Å². The molecule has 2 nitrogen and oxygen atoms in total. The topological polar surface area (TPSA) is 18.5 Å². The molecule has 0 saturated carbocycles. The average molecular weight is 685 g/mol. The molecule has 6 atom stereocenters. The number of ether oxygens (including phenoxy) is 2. The lowest BCUT2D eigenvalue weighted by molar-refractivity contribution is 0.236. The number of hydrogen-bond acceptors (Lipinski definition) is 2. The van der Waals surface area contributed by atoms with Crippen LogP contribution < -0.4 is 9.47 Å². The zero-order chi connectivity index (χ0) is 36.4. The van der Waals surface area contributed by atoms with Gasteiger partial charge in [-0.25, -0.2) is 0 Å². The molecule has 1 aromatic rings. The van der Waals surface area contributed by atoms with Gasteiger partial charge in [-0.15, -0.1) is 0 Å². The van der Waals surface area contributed by atoms with Crippen molar-refractivity contribution in [2.75, 3.05) is 13.2 Å². The van der Waals surface area contributed by atoms with Crippen LogP contribution in [0.25, 0.3) is 0 Å². The maximum Gasteiger partial charge on any atom is 0.161 e. The standard InChI is InChI=1S/C47H88O2/c1-37(2)18-12-20-39(5)22-14-24-41(7)26-16-28-43(9)32-34-48-46-31-30-45(11)36-47(46)49-35-33-44(10)29-17-27-42(8)25-15-23-40(6)21-13-19-38(3)4/h30-31,36-44H,12-29,32-35H2,1-11H3. The number of rotatable bonds is 32. The minimum Gasteiger partial charge on any atom is -0.490 e. The van der Waals surface area contributed by atoms with Crippen LogP contribution in [0.4, 0.5) is 0 Å². The van der Waals surface area contributed by atoms with Crippen LogP contribution in [-0.2, 0) is 0 Å². The summed E-state index contributed by atoms with van der Waals surface area (Å²) in [5, 5.41) is 0. The van der Waals surface area contributed by atoms with Crippen LogP contribution in [0, 0.1) is 54.3 Å². The predicted octanol–water partition coefficient (Wildman–Crippen LogP) is 15.7. The SMILES string of the molecule is Cc1ccc(OCCC(C)CCCC(C)CCCC(C)CCCC(C)C)c(OCCC(C)CCCC(C)CCCC(C)CCCC(C)C)c1. The zero-order valence-corrected chi connectivity index (χ0v) is 35.2. The Bertz CT molecular complexity index is 890. The Kier molecular flexibility index (Phi) is 26.6. The molecule has 0 aliphatic carbocycles. The minimum absolute atomic E-state index is 0.703. The molecular formula is C47H88O2. The molecule has 0 N–H and O–H groups in total. The summed E-state index contributed by atoms with van der Waals surface area (Å²) in [4.78, 5) is 0. The van der Waals surface area contributed by atoms with E-state index in [4.69, 9.17) is 9.47 Å². The maximum absolute atomic E-state index is 6.33. The Balaban J connectivity index is 2.21. The Labute approximate surface area is 309 Å². The average Bonchev–Trinajstić information content (AvgIpc) is 3.01. The van der Waals surface area contributed by atoms with Gasteiger partial charge in [-0.2, -0.15) is 0 Å². The first kappa shape index (κ1) is 45.8. The van der Waals surface area contributed by atoms with Crippen LogP contribution in [0.15, 0.2) is 18.2 Å². The fourth-order valence-corrected chi connectivity index (χ4v) is 7.46. The largest absolute Gasteiger partial charge is 0.490 e. The molecule has 0 saturated heterocycles. The molecule has 288 valence electrons.